The number of nitrogens with zero attached hydrogens (tertiary/aromatic N) is 6. The molecule has 0 aliphatic rings. The van der Waals surface area contributed by atoms with Gasteiger partial charge in [-0.2, -0.15) is 5.10 Å². The highest BCUT2D eigenvalue weighted by Gasteiger charge is 2.25. The van der Waals surface area contributed by atoms with Gasteiger partial charge in [0.05, 0.1) is 32.2 Å². The van der Waals surface area contributed by atoms with Gasteiger partial charge >= 0.3 is 6.09 Å². The van der Waals surface area contributed by atoms with Crippen LogP contribution in [0.3, 0.4) is 0 Å². The van der Waals surface area contributed by atoms with E-state index in [9.17, 15) is 14.3 Å². The monoisotopic (exact) mass is 452 g/mol. The first-order valence-corrected chi connectivity index (χ1v) is 9.89. The number of amides is 1. The molecule has 0 saturated carbocycles. The largest absolute Gasteiger partial charge is 0.452 e. The van der Waals surface area contributed by atoms with Crippen LogP contribution < -0.4 is 16.4 Å². The number of aliphatic hydroxyl groups excluding tert-OH is 1. The molecule has 3 aromatic heterocycles. The molecule has 33 heavy (non-hydrogen) atoms. The van der Waals surface area contributed by atoms with Gasteiger partial charge in [0.1, 0.15) is 17.2 Å². The highest BCUT2D eigenvalue weighted by atomic mass is 19.1. The molecule has 0 aliphatic heterocycles. The second-order valence-corrected chi connectivity index (χ2v) is 6.98. The van der Waals surface area contributed by atoms with Crippen molar-refractivity contribution in [1.82, 2.24) is 24.7 Å². The zero-order valence-corrected chi connectivity index (χ0v) is 17.6. The number of fused-ring (bicyclic) bond motifs is 1. The fraction of sp³-hybridized carbons (Fsp3) is 0.190. The third-order valence-electron chi connectivity index (χ3n) is 4.92. The van der Waals surface area contributed by atoms with Crippen LogP contribution >= 0.6 is 0 Å². The Hall–Kier alpha value is -4.32. The van der Waals surface area contributed by atoms with Gasteiger partial charge in [0.15, 0.2) is 23.1 Å². The number of nitrogen functional groups attached to an aromatic ring is 2. The number of carbonyl (C=O) groups excluding carboxylic acids is 1. The number of hydrogen-bond acceptors (Lipinski definition) is 9. The summed E-state index contributed by atoms with van der Waals surface area (Å²) in [5.74, 6) is -0.457. The van der Waals surface area contributed by atoms with E-state index in [1.165, 1.54) is 13.2 Å². The summed E-state index contributed by atoms with van der Waals surface area (Å²) < 4.78 is 20.5. The number of benzene rings is 1. The van der Waals surface area contributed by atoms with Gasteiger partial charge in [-0.15, -0.1) is 0 Å². The van der Waals surface area contributed by atoms with Crippen LogP contribution in [-0.4, -0.2) is 56.2 Å². The van der Waals surface area contributed by atoms with Crippen molar-refractivity contribution < 1.29 is 19.0 Å². The highest BCUT2D eigenvalue weighted by molar-refractivity contribution is 5.96. The van der Waals surface area contributed by atoms with Crippen molar-refractivity contribution in [1.29, 1.82) is 0 Å². The van der Waals surface area contributed by atoms with Crippen molar-refractivity contribution in [2.75, 3.05) is 36.6 Å². The lowest BCUT2D eigenvalue weighted by Gasteiger charge is -2.22. The molecule has 11 nitrogen and oxygen atoms in total. The number of nitrogens with two attached hydrogens (primary N) is 2. The van der Waals surface area contributed by atoms with E-state index in [0.29, 0.717) is 22.3 Å². The fourth-order valence-electron chi connectivity index (χ4n) is 3.45. The minimum Gasteiger partial charge on any atom is -0.452 e. The number of carbonyl (C=O) groups is 1. The molecule has 12 heteroatoms. The van der Waals surface area contributed by atoms with Crippen LogP contribution in [0.25, 0.3) is 22.6 Å². The quantitative estimate of drug-likeness (QED) is 0.396. The molecule has 0 bridgehead atoms. The summed E-state index contributed by atoms with van der Waals surface area (Å²) in [6, 6.07) is 9.88. The molecule has 0 fully saturated rings. The number of ether oxygens (including phenoxy) is 1. The second-order valence-electron chi connectivity index (χ2n) is 6.98. The lowest BCUT2D eigenvalue weighted by molar-refractivity contribution is 0.176. The van der Waals surface area contributed by atoms with Gasteiger partial charge < -0.3 is 21.3 Å². The molecule has 4 rings (SSSR count). The molecule has 170 valence electrons. The first-order valence-electron chi connectivity index (χ1n) is 9.89. The Morgan fingerprint density at radius 3 is 2.58 bits per heavy atom. The lowest BCUT2D eigenvalue weighted by Crippen LogP contribution is -2.35. The summed E-state index contributed by atoms with van der Waals surface area (Å²) >= 11 is 0. The van der Waals surface area contributed by atoms with E-state index in [4.69, 9.17) is 16.2 Å². The summed E-state index contributed by atoms with van der Waals surface area (Å²) in [7, 11) is 1.19. The number of halogens is 1. The Morgan fingerprint density at radius 1 is 1.18 bits per heavy atom. The lowest BCUT2D eigenvalue weighted by atomic mass is 10.2. The third kappa shape index (κ3) is 4.11. The molecule has 0 spiro atoms. The average Bonchev–Trinajstić information content (AvgIpc) is 3.17. The van der Waals surface area contributed by atoms with Crippen LogP contribution in [0.2, 0.25) is 0 Å². The van der Waals surface area contributed by atoms with Crippen LogP contribution in [0, 0.1) is 5.82 Å². The molecule has 1 amide bonds. The zero-order valence-electron chi connectivity index (χ0n) is 17.6. The first kappa shape index (κ1) is 21.9. The van der Waals surface area contributed by atoms with Gasteiger partial charge in [0, 0.05) is 11.8 Å². The summed E-state index contributed by atoms with van der Waals surface area (Å²) in [4.78, 5) is 26.1. The van der Waals surface area contributed by atoms with Gasteiger partial charge in [-0.1, -0.05) is 18.2 Å². The molecule has 1 aromatic carbocycles. The minimum absolute atomic E-state index is 0.0212. The molecule has 0 atom stereocenters. The smallest absolute Gasteiger partial charge is 0.414 e. The number of pyridine rings is 1. The van der Waals surface area contributed by atoms with Crippen molar-refractivity contribution in [2.24, 2.45) is 0 Å². The Kier molecular flexibility index (Phi) is 6.00. The molecule has 0 saturated heterocycles. The van der Waals surface area contributed by atoms with E-state index in [1.54, 1.807) is 41.2 Å². The van der Waals surface area contributed by atoms with Gasteiger partial charge in [0.25, 0.3) is 0 Å². The highest BCUT2D eigenvalue weighted by Crippen LogP contribution is 2.32. The first-order chi connectivity index (χ1) is 15.9. The van der Waals surface area contributed by atoms with Crippen LogP contribution in [0.1, 0.15) is 5.56 Å². The molecule has 4 aromatic rings. The predicted molar refractivity (Wildman–Crippen MR) is 120 cm³/mol. The maximum Gasteiger partial charge on any atom is 0.414 e. The zero-order chi connectivity index (χ0) is 23.5. The summed E-state index contributed by atoms with van der Waals surface area (Å²) in [6.07, 6.45) is 0.823. The number of anilines is 3. The van der Waals surface area contributed by atoms with Crippen molar-refractivity contribution in [3.63, 3.8) is 0 Å². The second kappa shape index (κ2) is 9.04. The van der Waals surface area contributed by atoms with E-state index >= 15 is 0 Å². The van der Waals surface area contributed by atoms with E-state index in [-0.39, 0.29) is 48.7 Å². The van der Waals surface area contributed by atoms with E-state index < -0.39 is 6.09 Å². The number of rotatable bonds is 6. The maximum atomic E-state index is 14.2. The van der Waals surface area contributed by atoms with Crippen LogP contribution in [0.4, 0.5) is 26.5 Å². The Bertz CT molecular complexity index is 1300. The molecule has 5 N–H and O–H groups in total. The number of methoxy groups -OCH3 is 1. The molecular formula is C21H21FN8O3. The van der Waals surface area contributed by atoms with E-state index in [0.717, 1.165) is 4.90 Å². The Labute approximate surface area is 187 Å². The average molecular weight is 452 g/mol. The van der Waals surface area contributed by atoms with E-state index in [2.05, 4.69) is 20.1 Å². The van der Waals surface area contributed by atoms with Gasteiger partial charge in [-0.25, -0.2) is 28.8 Å². The molecular weight excluding hydrogens is 431 g/mol. The fourth-order valence-corrected chi connectivity index (χ4v) is 3.45. The molecule has 3 heterocycles. The summed E-state index contributed by atoms with van der Waals surface area (Å²) in [6.45, 7) is -0.337. The molecule has 0 unspecified atom stereocenters. The Morgan fingerprint density at radius 2 is 1.91 bits per heavy atom. The SMILES string of the molecule is COC(=O)N(CCO)c1c(N)nc(-c2nn(Cc3ccccc3F)c3ncccc23)nc1N. The van der Waals surface area contributed by atoms with Gasteiger partial charge in [-0.3, -0.25) is 4.90 Å². The summed E-state index contributed by atoms with van der Waals surface area (Å²) in [5.41, 5.74) is 13.5. The minimum atomic E-state index is -0.775. The molecule has 0 aliphatic carbocycles. The standard InChI is InChI=1S/C21H21FN8O3/c1-33-21(32)29(9-10-31)16-17(23)26-19(27-18(16)24)15-13-6-4-8-25-20(13)30(28-15)11-12-5-2-3-7-14(12)22/h2-8,31H,9-11H2,1H3,(H4,23,24,26,27). The van der Waals surface area contributed by atoms with E-state index in [1.807, 2.05) is 0 Å². The van der Waals surface area contributed by atoms with Crippen LogP contribution in [-0.2, 0) is 11.3 Å². The van der Waals surface area contributed by atoms with Crippen molar-refractivity contribution in [2.45, 2.75) is 6.54 Å². The molecule has 0 radical (unpaired) electrons. The van der Waals surface area contributed by atoms with Crippen molar-refractivity contribution >= 4 is 34.4 Å². The van der Waals surface area contributed by atoms with Gasteiger partial charge in [-0.05, 0) is 18.2 Å². The van der Waals surface area contributed by atoms with Crippen LogP contribution in [0.5, 0.6) is 0 Å². The van der Waals surface area contributed by atoms with Crippen molar-refractivity contribution in [3.8, 4) is 11.5 Å². The Balaban J connectivity index is 1.81. The van der Waals surface area contributed by atoms with Crippen LogP contribution in [0.15, 0.2) is 42.6 Å². The maximum absolute atomic E-state index is 14.2. The normalized spacial score (nSPS) is 11.0. The number of aliphatic hydroxyl groups is 1. The number of hydrogen-bond donors (Lipinski definition) is 3. The van der Waals surface area contributed by atoms with Gasteiger partial charge in [0.2, 0.25) is 0 Å². The third-order valence-corrected chi connectivity index (χ3v) is 4.92. The topological polar surface area (TPSA) is 158 Å². The number of aromatic nitrogens is 5. The summed E-state index contributed by atoms with van der Waals surface area (Å²) in [5, 5.41) is 14.5. The van der Waals surface area contributed by atoms with Crippen molar-refractivity contribution in [3.05, 3.63) is 54.0 Å². The predicted octanol–water partition coefficient (Wildman–Crippen LogP) is 1.81.